The van der Waals surface area contributed by atoms with Crippen molar-refractivity contribution in [3.8, 4) is 0 Å². The van der Waals surface area contributed by atoms with Crippen molar-refractivity contribution in [1.29, 1.82) is 0 Å². The molecule has 0 aliphatic carbocycles. The van der Waals surface area contributed by atoms with Gasteiger partial charge in [-0.1, -0.05) is 0 Å². The molecule has 0 unspecified atom stereocenters. The van der Waals surface area contributed by atoms with Crippen molar-refractivity contribution in [2.75, 3.05) is 5.73 Å². The zero-order valence-electron chi connectivity index (χ0n) is 11.1. The molecule has 0 aliphatic rings. The van der Waals surface area contributed by atoms with Crippen LogP contribution in [0.1, 0.15) is 21.5 Å². The molecule has 0 saturated carbocycles. The van der Waals surface area contributed by atoms with Gasteiger partial charge in [-0.05, 0) is 37.3 Å². The second-order valence-corrected chi connectivity index (χ2v) is 4.73. The van der Waals surface area contributed by atoms with E-state index >= 15 is 0 Å². The maximum Gasteiger partial charge on any atom is 0.417 e. The Balaban J connectivity index is 2.09. The molecular formula is C15H11FN2O3. The largest absolute Gasteiger partial charge is 0.417 e. The van der Waals surface area contributed by atoms with Crippen LogP contribution in [0.25, 0.3) is 11.1 Å². The lowest BCUT2D eigenvalue weighted by Gasteiger charge is -2.06. The number of nitrogen functional groups attached to an aromatic ring is 1. The molecule has 21 heavy (non-hydrogen) atoms. The third-order valence-corrected chi connectivity index (χ3v) is 3.33. The highest BCUT2D eigenvalue weighted by Crippen LogP contribution is 2.21. The minimum absolute atomic E-state index is 0.146. The van der Waals surface area contributed by atoms with Crippen molar-refractivity contribution in [1.82, 2.24) is 4.98 Å². The predicted octanol–water partition coefficient (Wildman–Crippen LogP) is 2.38. The molecule has 5 nitrogen and oxygen atoms in total. The maximum atomic E-state index is 13.7. The summed E-state index contributed by atoms with van der Waals surface area (Å²) in [5.41, 5.74) is 7.39. The molecule has 0 atom stereocenters. The molecule has 0 aliphatic heterocycles. The van der Waals surface area contributed by atoms with Crippen LogP contribution in [0.15, 0.2) is 39.5 Å². The number of ketones is 1. The Morgan fingerprint density at radius 1 is 1.24 bits per heavy atom. The lowest BCUT2D eigenvalue weighted by Crippen LogP contribution is -2.04. The van der Waals surface area contributed by atoms with Crippen molar-refractivity contribution in [3.05, 3.63) is 63.4 Å². The third-order valence-electron chi connectivity index (χ3n) is 3.33. The van der Waals surface area contributed by atoms with E-state index in [9.17, 15) is 14.0 Å². The molecule has 1 aromatic heterocycles. The molecule has 1 heterocycles. The topological polar surface area (TPSA) is 89.1 Å². The first kappa shape index (κ1) is 13.1. The Kier molecular flexibility index (Phi) is 2.86. The van der Waals surface area contributed by atoms with Crippen LogP contribution in [-0.4, -0.2) is 10.8 Å². The van der Waals surface area contributed by atoms with Crippen molar-refractivity contribution in [3.63, 3.8) is 0 Å². The van der Waals surface area contributed by atoms with Gasteiger partial charge in [0.25, 0.3) is 0 Å². The quantitative estimate of drug-likeness (QED) is 0.559. The Morgan fingerprint density at radius 3 is 2.71 bits per heavy atom. The molecule has 0 spiro atoms. The van der Waals surface area contributed by atoms with Gasteiger partial charge in [-0.25, -0.2) is 9.18 Å². The fourth-order valence-electron chi connectivity index (χ4n) is 2.08. The van der Waals surface area contributed by atoms with E-state index in [1.54, 1.807) is 13.0 Å². The summed E-state index contributed by atoms with van der Waals surface area (Å²) in [5, 5.41) is 0. The zero-order valence-corrected chi connectivity index (χ0v) is 11.1. The summed E-state index contributed by atoms with van der Waals surface area (Å²) in [7, 11) is 0. The number of H-pyrrole nitrogens is 1. The lowest BCUT2D eigenvalue weighted by molar-refractivity contribution is 0.103. The van der Waals surface area contributed by atoms with E-state index in [0.717, 1.165) is 6.07 Å². The highest BCUT2D eigenvalue weighted by atomic mass is 19.1. The average Bonchev–Trinajstić information content (AvgIpc) is 2.82. The summed E-state index contributed by atoms with van der Waals surface area (Å²) in [6.07, 6.45) is 0. The molecule has 0 bridgehead atoms. The summed E-state index contributed by atoms with van der Waals surface area (Å²) in [5.74, 6) is -1.53. The number of aromatic nitrogens is 1. The van der Waals surface area contributed by atoms with Crippen LogP contribution >= 0.6 is 0 Å². The number of fused-ring (bicyclic) bond motifs is 1. The number of halogens is 1. The molecule has 2 aromatic carbocycles. The maximum absolute atomic E-state index is 13.7. The van der Waals surface area contributed by atoms with E-state index in [1.807, 2.05) is 0 Å². The molecule has 0 fully saturated rings. The second kappa shape index (κ2) is 4.59. The summed E-state index contributed by atoms with van der Waals surface area (Å²) >= 11 is 0. The number of carbonyl (C=O) groups is 1. The number of aromatic amines is 1. The highest BCUT2D eigenvalue weighted by Gasteiger charge is 2.14. The summed E-state index contributed by atoms with van der Waals surface area (Å²) in [6, 6.07) is 7.10. The van der Waals surface area contributed by atoms with Gasteiger partial charge in [-0.2, -0.15) is 0 Å². The molecule has 0 saturated heterocycles. The number of hydrogen-bond acceptors (Lipinski definition) is 4. The van der Waals surface area contributed by atoms with Gasteiger partial charge >= 0.3 is 5.76 Å². The Morgan fingerprint density at radius 2 is 2.00 bits per heavy atom. The van der Waals surface area contributed by atoms with Crippen LogP contribution in [0, 0.1) is 12.7 Å². The van der Waals surface area contributed by atoms with Gasteiger partial charge in [0, 0.05) is 22.4 Å². The fraction of sp³-hybridized carbons (Fsp3) is 0.0667. The molecule has 0 radical (unpaired) electrons. The van der Waals surface area contributed by atoms with E-state index in [-0.39, 0.29) is 22.4 Å². The van der Waals surface area contributed by atoms with Crippen LogP contribution in [0.5, 0.6) is 0 Å². The van der Waals surface area contributed by atoms with Crippen LogP contribution in [-0.2, 0) is 0 Å². The van der Waals surface area contributed by atoms with Crippen molar-refractivity contribution >= 4 is 22.6 Å². The minimum Gasteiger partial charge on any atom is -0.408 e. The number of anilines is 1. The Labute approximate surface area is 118 Å². The molecule has 106 valence electrons. The summed E-state index contributed by atoms with van der Waals surface area (Å²) < 4.78 is 18.6. The standard InChI is InChI=1S/C15H11FN2O3/c1-7-10(16)4-9(5-11(7)17)14(19)8-2-3-12-13(6-8)21-15(20)18-12/h2-6H,17H2,1H3,(H,18,20). The number of rotatable bonds is 2. The first-order valence-electron chi connectivity index (χ1n) is 6.19. The predicted molar refractivity (Wildman–Crippen MR) is 75.8 cm³/mol. The van der Waals surface area contributed by atoms with Crippen LogP contribution in [0.3, 0.4) is 0 Å². The lowest BCUT2D eigenvalue weighted by atomic mass is 10.0. The molecule has 3 aromatic rings. The minimum atomic E-state index is -0.597. The van der Waals surface area contributed by atoms with Crippen molar-refractivity contribution in [2.45, 2.75) is 6.92 Å². The third kappa shape index (κ3) is 2.20. The van der Waals surface area contributed by atoms with E-state index in [0.29, 0.717) is 11.1 Å². The van der Waals surface area contributed by atoms with E-state index in [1.165, 1.54) is 18.2 Å². The first-order valence-corrected chi connectivity index (χ1v) is 6.19. The summed E-state index contributed by atoms with van der Waals surface area (Å²) in [4.78, 5) is 25.9. The molecular weight excluding hydrogens is 275 g/mol. The monoisotopic (exact) mass is 286 g/mol. The molecule has 0 amide bonds. The van der Waals surface area contributed by atoms with Gasteiger partial charge in [-0.3, -0.25) is 9.78 Å². The molecule has 3 N–H and O–H groups in total. The van der Waals surface area contributed by atoms with Gasteiger partial charge in [0.2, 0.25) is 0 Å². The van der Waals surface area contributed by atoms with E-state index in [2.05, 4.69) is 4.98 Å². The fourth-order valence-corrected chi connectivity index (χ4v) is 2.08. The van der Waals surface area contributed by atoms with E-state index < -0.39 is 17.4 Å². The van der Waals surface area contributed by atoms with Gasteiger partial charge in [-0.15, -0.1) is 0 Å². The highest BCUT2D eigenvalue weighted by molar-refractivity contribution is 6.10. The van der Waals surface area contributed by atoms with Gasteiger partial charge < -0.3 is 10.2 Å². The number of hydrogen-bond donors (Lipinski definition) is 2. The van der Waals surface area contributed by atoms with Gasteiger partial charge in [0.1, 0.15) is 5.82 Å². The van der Waals surface area contributed by atoms with Crippen LogP contribution < -0.4 is 11.5 Å². The number of nitrogens with two attached hydrogens (primary N) is 1. The van der Waals surface area contributed by atoms with Crippen molar-refractivity contribution in [2.24, 2.45) is 0 Å². The Bertz CT molecular complexity index is 901. The number of carbonyl (C=O) groups excluding carboxylic acids is 1. The second-order valence-electron chi connectivity index (χ2n) is 4.73. The van der Waals surface area contributed by atoms with E-state index in [4.69, 9.17) is 10.2 Å². The zero-order chi connectivity index (χ0) is 15.1. The number of nitrogens with one attached hydrogen (secondary N) is 1. The number of oxazole rings is 1. The first-order chi connectivity index (χ1) is 9.95. The number of benzene rings is 2. The SMILES string of the molecule is Cc1c(N)cc(C(=O)c2ccc3[nH]c(=O)oc3c2)cc1F. The summed E-state index contributed by atoms with van der Waals surface area (Å²) in [6.45, 7) is 1.54. The average molecular weight is 286 g/mol. The Hall–Kier alpha value is -2.89. The molecule has 3 rings (SSSR count). The van der Waals surface area contributed by atoms with Gasteiger partial charge in [0.05, 0.1) is 5.52 Å². The molecule has 6 heteroatoms. The normalized spacial score (nSPS) is 11.0. The smallest absolute Gasteiger partial charge is 0.408 e. The van der Waals surface area contributed by atoms with Crippen LogP contribution in [0.2, 0.25) is 0 Å². The van der Waals surface area contributed by atoms with Crippen LogP contribution in [0.4, 0.5) is 10.1 Å². The van der Waals surface area contributed by atoms with Crippen molar-refractivity contribution < 1.29 is 13.6 Å². The van der Waals surface area contributed by atoms with Gasteiger partial charge in [0.15, 0.2) is 11.4 Å².